The Hall–Kier alpha value is -1.35. The third-order valence-electron chi connectivity index (χ3n) is 2.46. The van der Waals surface area contributed by atoms with Crippen molar-refractivity contribution in [2.75, 3.05) is 7.11 Å². The van der Waals surface area contributed by atoms with E-state index < -0.39 is 12.1 Å². The van der Waals surface area contributed by atoms with Crippen LogP contribution >= 0.6 is 0 Å². The van der Waals surface area contributed by atoms with E-state index in [0.29, 0.717) is 6.42 Å². The molecule has 0 heterocycles. The van der Waals surface area contributed by atoms with E-state index in [1.165, 1.54) is 12.7 Å². The van der Waals surface area contributed by atoms with E-state index in [9.17, 15) is 4.79 Å². The summed E-state index contributed by atoms with van der Waals surface area (Å²) in [5.74, 6) is -0.919. The minimum atomic E-state index is -0.919. The first-order valence-electron chi connectivity index (χ1n) is 4.86. The van der Waals surface area contributed by atoms with Gasteiger partial charge in [0.2, 0.25) is 0 Å². The smallest absolute Gasteiger partial charge is 0.333 e. The number of aliphatic carboxylic acids is 1. The Morgan fingerprint density at radius 1 is 1.47 bits per heavy atom. The molecule has 0 radical (unpaired) electrons. The molecular formula is C12H16O3. The number of carboxylic acid groups (broad SMARTS) is 1. The molecule has 0 amide bonds. The summed E-state index contributed by atoms with van der Waals surface area (Å²) in [7, 11) is 1.42. The van der Waals surface area contributed by atoms with E-state index in [1.54, 1.807) is 0 Å². The van der Waals surface area contributed by atoms with Gasteiger partial charge >= 0.3 is 5.97 Å². The van der Waals surface area contributed by atoms with Gasteiger partial charge < -0.3 is 9.84 Å². The van der Waals surface area contributed by atoms with Crippen LogP contribution in [0.3, 0.4) is 0 Å². The van der Waals surface area contributed by atoms with Gasteiger partial charge in [0.25, 0.3) is 0 Å². The fraction of sp³-hybridized carbons (Fsp3) is 0.417. The van der Waals surface area contributed by atoms with E-state index >= 15 is 0 Å². The third-order valence-corrected chi connectivity index (χ3v) is 2.46. The van der Waals surface area contributed by atoms with Crippen LogP contribution in [-0.4, -0.2) is 24.3 Å². The molecule has 0 saturated carbocycles. The maximum absolute atomic E-state index is 10.8. The molecule has 1 N–H and O–H groups in total. The number of benzene rings is 1. The van der Waals surface area contributed by atoms with E-state index in [4.69, 9.17) is 9.84 Å². The fourth-order valence-electron chi connectivity index (χ4n) is 1.55. The summed E-state index contributed by atoms with van der Waals surface area (Å²) in [4.78, 5) is 10.8. The SMILES string of the molecule is COC(Cc1ccc(C)cc1C)C(=O)O. The van der Waals surface area contributed by atoms with Crippen LogP contribution in [0.5, 0.6) is 0 Å². The summed E-state index contributed by atoms with van der Waals surface area (Å²) >= 11 is 0. The Labute approximate surface area is 89.7 Å². The molecule has 1 unspecified atom stereocenters. The molecule has 1 rings (SSSR count). The largest absolute Gasteiger partial charge is 0.479 e. The van der Waals surface area contributed by atoms with Crippen LogP contribution in [0.1, 0.15) is 16.7 Å². The zero-order valence-corrected chi connectivity index (χ0v) is 9.28. The highest BCUT2D eigenvalue weighted by Crippen LogP contribution is 2.13. The van der Waals surface area contributed by atoms with Crippen LogP contribution in [-0.2, 0) is 16.0 Å². The van der Waals surface area contributed by atoms with Crippen molar-refractivity contribution in [3.8, 4) is 0 Å². The molecule has 15 heavy (non-hydrogen) atoms. The second-order valence-electron chi connectivity index (χ2n) is 3.70. The standard InChI is InChI=1S/C12H16O3/c1-8-4-5-10(9(2)6-8)7-11(15-3)12(13)14/h4-6,11H,7H2,1-3H3,(H,13,14). The van der Waals surface area contributed by atoms with Crippen molar-refractivity contribution < 1.29 is 14.6 Å². The number of hydrogen-bond donors (Lipinski definition) is 1. The third kappa shape index (κ3) is 3.06. The van der Waals surface area contributed by atoms with Gasteiger partial charge in [-0.1, -0.05) is 23.8 Å². The molecular weight excluding hydrogens is 192 g/mol. The van der Waals surface area contributed by atoms with E-state index in [-0.39, 0.29) is 0 Å². The highest BCUT2D eigenvalue weighted by Gasteiger charge is 2.17. The monoisotopic (exact) mass is 208 g/mol. The van der Waals surface area contributed by atoms with E-state index in [1.807, 2.05) is 32.0 Å². The van der Waals surface area contributed by atoms with Crippen LogP contribution < -0.4 is 0 Å². The number of carboxylic acids is 1. The molecule has 0 spiro atoms. The normalized spacial score (nSPS) is 12.5. The van der Waals surface area contributed by atoms with Crippen molar-refractivity contribution in [1.29, 1.82) is 0 Å². The van der Waals surface area contributed by atoms with Gasteiger partial charge in [0.05, 0.1) is 0 Å². The number of ether oxygens (including phenoxy) is 1. The Kier molecular flexibility index (Phi) is 3.86. The summed E-state index contributed by atoms with van der Waals surface area (Å²) in [5.41, 5.74) is 3.31. The summed E-state index contributed by atoms with van der Waals surface area (Å²) in [6.45, 7) is 4.00. The predicted molar refractivity (Wildman–Crippen MR) is 58.1 cm³/mol. The van der Waals surface area contributed by atoms with Gasteiger partial charge in [-0.3, -0.25) is 0 Å². The average Bonchev–Trinajstić information content (AvgIpc) is 2.16. The molecule has 0 aliphatic heterocycles. The highest BCUT2D eigenvalue weighted by atomic mass is 16.5. The number of carbonyl (C=O) groups is 1. The zero-order chi connectivity index (χ0) is 11.4. The van der Waals surface area contributed by atoms with Crippen LogP contribution in [0.4, 0.5) is 0 Å². The van der Waals surface area contributed by atoms with Crippen LogP contribution in [0, 0.1) is 13.8 Å². The van der Waals surface area contributed by atoms with Crippen molar-refractivity contribution in [3.63, 3.8) is 0 Å². The number of hydrogen-bond acceptors (Lipinski definition) is 2. The van der Waals surface area contributed by atoms with Gasteiger partial charge in [0, 0.05) is 13.5 Å². The van der Waals surface area contributed by atoms with Gasteiger partial charge in [-0.15, -0.1) is 0 Å². The number of aryl methyl sites for hydroxylation is 2. The minimum Gasteiger partial charge on any atom is -0.479 e. The Balaban J connectivity index is 2.84. The number of methoxy groups -OCH3 is 1. The quantitative estimate of drug-likeness (QED) is 0.822. The Bertz CT molecular complexity index is 358. The summed E-state index contributed by atoms with van der Waals surface area (Å²) in [5, 5.41) is 8.86. The minimum absolute atomic E-state index is 0.415. The molecule has 1 aromatic carbocycles. The lowest BCUT2D eigenvalue weighted by atomic mass is 10.0. The second kappa shape index (κ2) is 4.94. The first-order valence-corrected chi connectivity index (χ1v) is 4.86. The lowest BCUT2D eigenvalue weighted by Gasteiger charge is -2.12. The van der Waals surface area contributed by atoms with Crippen molar-refractivity contribution in [2.45, 2.75) is 26.4 Å². The highest BCUT2D eigenvalue weighted by molar-refractivity contribution is 5.72. The first-order chi connectivity index (χ1) is 7.04. The molecule has 0 fully saturated rings. The summed E-state index contributed by atoms with van der Waals surface area (Å²) in [6, 6.07) is 5.99. The summed E-state index contributed by atoms with van der Waals surface area (Å²) in [6.07, 6.45) is -0.343. The molecule has 0 bridgehead atoms. The van der Waals surface area contributed by atoms with Gasteiger partial charge in [-0.05, 0) is 25.0 Å². The maximum atomic E-state index is 10.8. The fourth-order valence-corrected chi connectivity index (χ4v) is 1.55. The Morgan fingerprint density at radius 3 is 2.60 bits per heavy atom. The average molecular weight is 208 g/mol. The zero-order valence-electron chi connectivity index (χ0n) is 9.28. The maximum Gasteiger partial charge on any atom is 0.333 e. The first kappa shape index (κ1) is 11.7. The topological polar surface area (TPSA) is 46.5 Å². The lowest BCUT2D eigenvalue weighted by molar-refractivity contribution is -0.148. The summed E-state index contributed by atoms with van der Waals surface area (Å²) < 4.78 is 4.90. The molecule has 0 saturated heterocycles. The van der Waals surface area contributed by atoms with E-state index in [0.717, 1.165) is 11.1 Å². The lowest BCUT2D eigenvalue weighted by Crippen LogP contribution is -2.25. The Morgan fingerprint density at radius 2 is 2.13 bits per heavy atom. The molecule has 0 aliphatic rings. The second-order valence-corrected chi connectivity index (χ2v) is 3.70. The van der Waals surface area contributed by atoms with Gasteiger partial charge in [-0.25, -0.2) is 4.79 Å². The number of rotatable bonds is 4. The van der Waals surface area contributed by atoms with E-state index in [2.05, 4.69) is 0 Å². The van der Waals surface area contributed by atoms with Crippen molar-refractivity contribution in [2.24, 2.45) is 0 Å². The van der Waals surface area contributed by atoms with Gasteiger partial charge in [-0.2, -0.15) is 0 Å². The van der Waals surface area contributed by atoms with Gasteiger partial charge in [0.1, 0.15) is 0 Å². The van der Waals surface area contributed by atoms with Crippen molar-refractivity contribution in [3.05, 3.63) is 34.9 Å². The molecule has 0 aliphatic carbocycles. The molecule has 3 nitrogen and oxygen atoms in total. The van der Waals surface area contributed by atoms with Crippen molar-refractivity contribution >= 4 is 5.97 Å². The predicted octanol–water partition coefficient (Wildman–Crippen LogP) is 1.95. The van der Waals surface area contributed by atoms with Crippen LogP contribution in [0.25, 0.3) is 0 Å². The van der Waals surface area contributed by atoms with Crippen LogP contribution in [0.15, 0.2) is 18.2 Å². The van der Waals surface area contributed by atoms with Gasteiger partial charge in [0.15, 0.2) is 6.10 Å². The molecule has 3 heteroatoms. The molecule has 1 aromatic rings. The molecule has 1 atom stereocenters. The van der Waals surface area contributed by atoms with Crippen molar-refractivity contribution in [1.82, 2.24) is 0 Å². The molecule has 0 aromatic heterocycles. The molecule has 82 valence electrons. The van der Waals surface area contributed by atoms with Crippen LogP contribution in [0.2, 0.25) is 0 Å².